The van der Waals surface area contributed by atoms with Crippen molar-refractivity contribution in [3.8, 4) is 0 Å². The molecule has 5 nitrogen and oxygen atoms in total. The number of carbonyl (C=O) groups excluding carboxylic acids is 1. The zero-order chi connectivity index (χ0) is 13.7. The monoisotopic (exact) mass is 281 g/mol. The van der Waals surface area contributed by atoms with Crippen molar-refractivity contribution in [2.75, 3.05) is 31.4 Å². The van der Waals surface area contributed by atoms with Gasteiger partial charge in [0.1, 0.15) is 0 Å². The molecule has 1 aliphatic heterocycles. The lowest BCUT2D eigenvalue weighted by Gasteiger charge is -2.24. The van der Waals surface area contributed by atoms with E-state index in [9.17, 15) is 4.79 Å². The molecule has 1 fully saturated rings. The second kappa shape index (κ2) is 6.75. The van der Waals surface area contributed by atoms with Gasteiger partial charge in [-0.05, 0) is 31.2 Å². The number of thioether (sulfide) groups is 1. The summed E-state index contributed by atoms with van der Waals surface area (Å²) in [5.41, 5.74) is 0.252. The summed E-state index contributed by atoms with van der Waals surface area (Å²) >= 11 is 1.91. The highest BCUT2D eigenvalue weighted by Gasteiger charge is 2.19. The van der Waals surface area contributed by atoms with E-state index in [1.165, 1.54) is 26.4 Å². The van der Waals surface area contributed by atoms with Gasteiger partial charge in [-0.15, -0.1) is 10.2 Å². The Bertz CT molecular complexity index is 424. The number of hydrogen-bond acceptors (Lipinski definition) is 6. The maximum atomic E-state index is 11.3. The van der Waals surface area contributed by atoms with Crippen LogP contribution >= 0.6 is 11.8 Å². The molecule has 0 aliphatic carbocycles. The van der Waals surface area contributed by atoms with E-state index in [2.05, 4.69) is 26.1 Å². The number of esters is 1. The second-order valence-corrected chi connectivity index (χ2v) is 5.71. The van der Waals surface area contributed by atoms with Gasteiger partial charge in [0.15, 0.2) is 11.5 Å². The zero-order valence-electron chi connectivity index (χ0n) is 11.3. The van der Waals surface area contributed by atoms with Gasteiger partial charge >= 0.3 is 5.97 Å². The van der Waals surface area contributed by atoms with Crippen LogP contribution in [0.1, 0.15) is 29.8 Å². The number of rotatable bonds is 3. The third-order valence-corrected chi connectivity index (χ3v) is 4.38. The molecule has 2 rings (SSSR count). The number of methoxy groups -OCH3 is 1. The molecule has 1 aliphatic rings. The van der Waals surface area contributed by atoms with E-state index < -0.39 is 5.97 Å². The summed E-state index contributed by atoms with van der Waals surface area (Å²) in [5, 5.41) is 8.72. The SMILES string of the molecule is COC(=O)c1ccc(N2CCCCC(SC)C2)nn1. The van der Waals surface area contributed by atoms with Crippen LogP contribution in [0.2, 0.25) is 0 Å². The first kappa shape index (κ1) is 14.1. The fourth-order valence-corrected chi connectivity index (χ4v) is 2.94. The molecule has 1 aromatic heterocycles. The molecule has 1 unspecified atom stereocenters. The van der Waals surface area contributed by atoms with Gasteiger partial charge in [0.05, 0.1) is 7.11 Å². The Kier molecular flexibility index (Phi) is 5.01. The minimum Gasteiger partial charge on any atom is -0.464 e. The van der Waals surface area contributed by atoms with Gasteiger partial charge in [0.25, 0.3) is 0 Å². The standard InChI is InChI=1S/C13H19N3O2S/c1-18-13(17)11-6-7-12(15-14-11)16-8-4-3-5-10(9-16)19-2/h6-7,10H,3-5,8-9H2,1-2H3. The highest BCUT2D eigenvalue weighted by molar-refractivity contribution is 7.99. The maximum Gasteiger partial charge on any atom is 0.358 e. The lowest BCUT2D eigenvalue weighted by molar-refractivity contribution is 0.0592. The molecule has 0 spiro atoms. The summed E-state index contributed by atoms with van der Waals surface area (Å²) in [7, 11) is 1.34. The Labute approximate surface area is 117 Å². The highest BCUT2D eigenvalue weighted by Crippen LogP contribution is 2.23. The minimum atomic E-state index is -0.447. The molecule has 19 heavy (non-hydrogen) atoms. The van der Waals surface area contributed by atoms with Gasteiger partial charge in [0.2, 0.25) is 0 Å². The van der Waals surface area contributed by atoms with Crippen molar-refractivity contribution < 1.29 is 9.53 Å². The number of hydrogen-bond donors (Lipinski definition) is 0. The number of ether oxygens (including phenoxy) is 1. The Balaban J connectivity index is 2.09. The lowest BCUT2D eigenvalue weighted by Crippen LogP contribution is -2.30. The molecule has 2 heterocycles. The molecule has 0 N–H and O–H groups in total. The van der Waals surface area contributed by atoms with Crippen molar-refractivity contribution in [2.45, 2.75) is 24.5 Å². The van der Waals surface area contributed by atoms with Crippen molar-refractivity contribution in [1.29, 1.82) is 0 Å². The summed E-state index contributed by atoms with van der Waals surface area (Å²) in [5.74, 6) is 0.394. The highest BCUT2D eigenvalue weighted by atomic mass is 32.2. The summed E-state index contributed by atoms with van der Waals surface area (Å²) < 4.78 is 4.62. The molecule has 0 bridgehead atoms. The molecule has 1 aromatic rings. The van der Waals surface area contributed by atoms with Gasteiger partial charge in [-0.2, -0.15) is 11.8 Å². The van der Waals surface area contributed by atoms with Crippen molar-refractivity contribution in [2.24, 2.45) is 0 Å². The topological polar surface area (TPSA) is 55.3 Å². The molecule has 0 amide bonds. The third-order valence-electron chi connectivity index (χ3n) is 3.33. The number of anilines is 1. The van der Waals surface area contributed by atoms with Gasteiger partial charge < -0.3 is 9.64 Å². The molecule has 0 radical (unpaired) electrons. The Hall–Kier alpha value is -1.30. The number of nitrogens with zero attached hydrogens (tertiary/aromatic N) is 3. The van der Waals surface area contributed by atoms with Crippen LogP contribution in [0.5, 0.6) is 0 Å². The van der Waals surface area contributed by atoms with E-state index in [-0.39, 0.29) is 5.69 Å². The van der Waals surface area contributed by atoms with Crippen molar-refractivity contribution in [3.63, 3.8) is 0 Å². The van der Waals surface area contributed by atoms with Crippen LogP contribution in [-0.2, 0) is 4.74 Å². The smallest absolute Gasteiger partial charge is 0.358 e. The molecular formula is C13H19N3O2S. The van der Waals surface area contributed by atoms with Crippen LogP contribution in [-0.4, -0.2) is 47.9 Å². The molecular weight excluding hydrogens is 262 g/mol. The van der Waals surface area contributed by atoms with Crippen LogP contribution < -0.4 is 4.90 Å². The van der Waals surface area contributed by atoms with Crippen LogP contribution in [0.25, 0.3) is 0 Å². The first-order valence-corrected chi connectivity index (χ1v) is 7.73. The first-order chi connectivity index (χ1) is 9.24. The minimum absolute atomic E-state index is 0.252. The average Bonchev–Trinajstić information content (AvgIpc) is 2.72. The Morgan fingerprint density at radius 3 is 2.89 bits per heavy atom. The van der Waals surface area contributed by atoms with E-state index in [0.29, 0.717) is 5.25 Å². The maximum absolute atomic E-state index is 11.3. The summed E-state index contributed by atoms with van der Waals surface area (Å²) in [6.07, 6.45) is 5.85. The summed E-state index contributed by atoms with van der Waals surface area (Å²) in [6.45, 7) is 2.00. The summed E-state index contributed by atoms with van der Waals surface area (Å²) in [6, 6.07) is 3.52. The molecule has 6 heteroatoms. The first-order valence-electron chi connectivity index (χ1n) is 6.44. The predicted octanol–water partition coefficient (Wildman–Crippen LogP) is 1.99. The molecule has 0 aromatic carbocycles. The van der Waals surface area contributed by atoms with E-state index in [1.54, 1.807) is 6.07 Å². The molecule has 1 saturated heterocycles. The van der Waals surface area contributed by atoms with Gasteiger partial charge in [0, 0.05) is 18.3 Å². The van der Waals surface area contributed by atoms with Crippen molar-refractivity contribution in [1.82, 2.24) is 10.2 Å². The summed E-state index contributed by atoms with van der Waals surface area (Å²) in [4.78, 5) is 13.6. The van der Waals surface area contributed by atoms with Crippen LogP contribution in [0.15, 0.2) is 12.1 Å². The average molecular weight is 281 g/mol. The van der Waals surface area contributed by atoms with E-state index in [4.69, 9.17) is 0 Å². The lowest BCUT2D eigenvalue weighted by atomic mass is 10.2. The van der Waals surface area contributed by atoms with E-state index >= 15 is 0 Å². The zero-order valence-corrected chi connectivity index (χ0v) is 12.2. The third kappa shape index (κ3) is 3.59. The second-order valence-electron chi connectivity index (χ2n) is 4.57. The van der Waals surface area contributed by atoms with Crippen molar-refractivity contribution >= 4 is 23.5 Å². The fraction of sp³-hybridized carbons (Fsp3) is 0.615. The Morgan fingerprint density at radius 2 is 2.26 bits per heavy atom. The van der Waals surface area contributed by atoms with E-state index in [0.717, 1.165) is 18.9 Å². The van der Waals surface area contributed by atoms with E-state index in [1.807, 2.05) is 17.8 Å². The number of carbonyl (C=O) groups is 1. The predicted molar refractivity (Wildman–Crippen MR) is 76.7 cm³/mol. The Morgan fingerprint density at radius 1 is 1.42 bits per heavy atom. The van der Waals surface area contributed by atoms with Crippen LogP contribution in [0.4, 0.5) is 5.82 Å². The quantitative estimate of drug-likeness (QED) is 0.790. The van der Waals surface area contributed by atoms with Crippen LogP contribution in [0.3, 0.4) is 0 Å². The molecule has 0 saturated carbocycles. The number of aromatic nitrogens is 2. The van der Waals surface area contributed by atoms with Crippen LogP contribution in [0, 0.1) is 0 Å². The van der Waals surface area contributed by atoms with Gasteiger partial charge in [-0.3, -0.25) is 0 Å². The molecule has 1 atom stereocenters. The normalized spacial score (nSPS) is 19.9. The van der Waals surface area contributed by atoms with Gasteiger partial charge in [-0.1, -0.05) is 6.42 Å². The van der Waals surface area contributed by atoms with Crippen molar-refractivity contribution in [3.05, 3.63) is 17.8 Å². The molecule has 104 valence electrons. The van der Waals surface area contributed by atoms with Gasteiger partial charge in [-0.25, -0.2) is 4.79 Å². The fourth-order valence-electron chi connectivity index (χ4n) is 2.21. The largest absolute Gasteiger partial charge is 0.464 e.